The van der Waals surface area contributed by atoms with Gasteiger partial charge in [-0.1, -0.05) is 48.5 Å². The number of Topliss-reactive ketones (excluding diaryl/α,β-unsaturated/α-hetero) is 2. The summed E-state index contributed by atoms with van der Waals surface area (Å²) in [6.45, 7) is 14.8. The quantitative estimate of drug-likeness (QED) is 0.722. The molecule has 0 aliphatic heterocycles. The zero-order valence-corrected chi connectivity index (χ0v) is 13.2. The van der Waals surface area contributed by atoms with Crippen LogP contribution in [0.15, 0.2) is 0 Å². The number of aldehydes is 1. The minimum Gasteiger partial charge on any atom is -0.303 e. The number of ketones is 2. The molecule has 0 aromatic heterocycles. The Bertz CT molecular complexity index is 228. The van der Waals surface area contributed by atoms with Crippen LogP contribution in [0.3, 0.4) is 0 Å². The fraction of sp³-hybridized carbons (Fsp3) is 0.800. The van der Waals surface area contributed by atoms with E-state index in [1.54, 1.807) is 6.92 Å². The number of carbonyl (C=O) groups excluding carboxylic acids is 3. The van der Waals surface area contributed by atoms with E-state index in [0.29, 0.717) is 12.2 Å². The van der Waals surface area contributed by atoms with E-state index < -0.39 is 0 Å². The van der Waals surface area contributed by atoms with Crippen molar-refractivity contribution in [1.82, 2.24) is 0 Å². The summed E-state index contributed by atoms with van der Waals surface area (Å²) >= 11 is 0. The van der Waals surface area contributed by atoms with E-state index in [2.05, 4.69) is 0 Å². The maximum absolute atomic E-state index is 10.5. The lowest BCUT2D eigenvalue weighted by atomic mass is 10.1. The van der Waals surface area contributed by atoms with E-state index in [1.165, 1.54) is 0 Å². The molecule has 108 valence electrons. The highest BCUT2D eigenvalue weighted by atomic mass is 16.1. The van der Waals surface area contributed by atoms with Crippen molar-refractivity contribution in [2.24, 2.45) is 17.8 Å². The molecule has 0 aliphatic carbocycles. The Labute approximate surface area is 112 Å². The first-order chi connectivity index (χ1) is 8.09. The molecule has 3 heteroatoms. The number of hydrogen-bond acceptors (Lipinski definition) is 3. The summed E-state index contributed by atoms with van der Waals surface area (Å²) in [4.78, 5) is 30.2. The van der Waals surface area contributed by atoms with Gasteiger partial charge < -0.3 is 4.79 Å². The van der Waals surface area contributed by atoms with Crippen LogP contribution in [0.2, 0.25) is 0 Å². The summed E-state index contributed by atoms with van der Waals surface area (Å²) < 4.78 is 0. The van der Waals surface area contributed by atoms with Crippen LogP contribution in [-0.2, 0) is 14.4 Å². The van der Waals surface area contributed by atoms with Gasteiger partial charge in [0.1, 0.15) is 17.9 Å². The van der Waals surface area contributed by atoms with Crippen LogP contribution >= 0.6 is 0 Å². The van der Waals surface area contributed by atoms with Gasteiger partial charge in [-0.05, 0) is 6.92 Å². The molecule has 0 aromatic rings. The van der Waals surface area contributed by atoms with Gasteiger partial charge in [0.05, 0.1) is 0 Å². The van der Waals surface area contributed by atoms with Crippen LogP contribution in [0.5, 0.6) is 0 Å². The van der Waals surface area contributed by atoms with E-state index in [9.17, 15) is 14.4 Å². The Hall–Kier alpha value is -0.990. The third-order valence-corrected chi connectivity index (χ3v) is 2.08. The van der Waals surface area contributed by atoms with Crippen LogP contribution in [0.25, 0.3) is 0 Å². The Morgan fingerprint density at radius 2 is 1.22 bits per heavy atom. The molecule has 0 rings (SSSR count). The molecule has 0 aliphatic rings. The number of hydrogen-bond donors (Lipinski definition) is 0. The molecule has 3 nitrogen and oxygen atoms in total. The first-order valence-corrected chi connectivity index (χ1v) is 6.58. The van der Waals surface area contributed by atoms with Crippen molar-refractivity contribution in [1.29, 1.82) is 0 Å². The van der Waals surface area contributed by atoms with Gasteiger partial charge in [0, 0.05) is 24.2 Å². The van der Waals surface area contributed by atoms with E-state index in [4.69, 9.17) is 0 Å². The number of rotatable bonds is 4. The molecular weight excluding hydrogens is 228 g/mol. The normalized spacial score (nSPS) is 9.28. The minimum absolute atomic E-state index is 0.204. The van der Waals surface area contributed by atoms with Crippen LogP contribution in [-0.4, -0.2) is 17.9 Å². The van der Waals surface area contributed by atoms with Gasteiger partial charge in [0.15, 0.2) is 0 Å². The summed E-state index contributed by atoms with van der Waals surface area (Å²) in [6.07, 6.45) is 1.59. The van der Waals surface area contributed by atoms with Crippen molar-refractivity contribution in [3.8, 4) is 0 Å². The first-order valence-electron chi connectivity index (χ1n) is 6.58. The lowest BCUT2D eigenvalue weighted by Gasteiger charge is -1.96. The molecule has 0 aromatic carbocycles. The topological polar surface area (TPSA) is 51.2 Å². The monoisotopic (exact) mass is 258 g/mol. The molecule has 0 spiro atoms. The Kier molecular flexibility index (Phi) is 17.4. The largest absolute Gasteiger partial charge is 0.303 e. The van der Waals surface area contributed by atoms with E-state index in [1.807, 2.05) is 48.5 Å². The standard InChI is InChI=1S/C6H12O.C5H10O.C4H8O/c1-4-6(7)5(2)3;1-4(2)5(3)6;1-4(2)3-5/h5H,4H2,1-3H3;4H,1-3H3;3-4H,1-2H3. The maximum Gasteiger partial charge on any atom is 0.135 e. The van der Waals surface area contributed by atoms with Crippen molar-refractivity contribution in [2.45, 2.75) is 61.8 Å². The Balaban J connectivity index is -0.000000190. The van der Waals surface area contributed by atoms with E-state index in [-0.39, 0.29) is 23.5 Å². The second kappa shape index (κ2) is 14.1. The number of carbonyl (C=O) groups is 3. The fourth-order valence-corrected chi connectivity index (χ4v) is 0.408. The molecule has 0 atom stereocenters. The molecule has 0 unspecified atom stereocenters. The van der Waals surface area contributed by atoms with Gasteiger partial charge in [-0.3, -0.25) is 9.59 Å². The Morgan fingerprint density at radius 3 is 1.22 bits per heavy atom. The van der Waals surface area contributed by atoms with Crippen molar-refractivity contribution >= 4 is 17.9 Å². The van der Waals surface area contributed by atoms with Crippen molar-refractivity contribution in [3.05, 3.63) is 0 Å². The summed E-state index contributed by atoms with van der Waals surface area (Å²) in [5.74, 6) is 1.25. The fourth-order valence-electron chi connectivity index (χ4n) is 0.408. The molecule has 0 radical (unpaired) electrons. The second-order valence-corrected chi connectivity index (χ2v) is 5.12. The molecule has 0 N–H and O–H groups in total. The third-order valence-electron chi connectivity index (χ3n) is 2.08. The van der Waals surface area contributed by atoms with Gasteiger partial charge in [0.25, 0.3) is 0 Å². The molecule has 0 saturated heterocycles. The molecule has 0 amide bonds. The van der Waals surface area contributed by atoms with Gasteiger partial charge in [-0.2, -0.15) is 0 Å². The average molecular weight is 258 g/mol. The van der Waals surface area contributed by atoms with Gasteiger partial charge in [-0.15, -0.1) is 0 Å². The highest BCUT2D eigenvalue weighted by Crippen LogP contribution is 1.95. The zero-order valence-electron chi connectivity index (χ0n) is 13.2. The highest BCUT2D eigenvalue weighted by molar-refractivity contribution is 5.79. The van der Waals surface area contributed by atoms with E-state index in [0.717, 1.165) is 6.29 Å². The maximum atomic E-state index is 10.5. The average Bonchev–Trinajstić information content (AvgIpc) is 2.29. The van der Waals surface area contributed by atoms with Crippen molar-refractivity contribution < 1.29 is 14.4 Å². The smallest absolute Gasteiger partial charge is 0.135 e. The Morgan fingerprint density at radius 1 is 0.944 bits per heavy atom. The van der Waals surface area contributed by atoms with Crippen molar-refractivity contribution in [2.75, 3.05) is 0 Å². The predicted octanol–water partition coefficient (Wildman–Crippen LogP) is 3.69. The van der Waals surface area contributed by atoms with Crippen LogP contribution in [0, 0.1) is 17.8 Å². The molecule has 18 heavy (non-hydrogen) atoms. The summed E-state index contributed by atoms with van der Waals surface area (Å²) in [5.41, 5.74) is 0. The van der Waals surface area contributed by atoms with Gasteiger partial charge in [0.2, 0.25) is 0 Å². The summed E-state index contributed by atoms with van der Waals surface area (Å²) in [6, 6.07) is 0. The predicted molar refractivity (Wildman–Crippen MR) is 76.6 cm³/mol. The lowest BCUT2D eigenvalue weighted by molar-refractivity contribution is -0.121. The molecule has 0 heterocycles. The van der Waals surface area contributed by atoms with Crippen LogP contribution in [0.1, 0.15) is 61.8 Å². The van der Waals surface area contributed by atoms with E-state index >= 15 is 0 Å². The molecular formula is C15H30O3. The van der Waals surface area contributed by atoms with Crippen LogP contribution in [0.4, 0.5) is 0 Å². The zero-order chi connectivity index (χ0) is 15.3. The highest BCUT2D eigenvalue weighted by Gasteiger charge is 2.00. The molecule has 0 bridgehead atoms. The summed E-state index contributed by atoms with van der Waals surface area (Å²) in [7, 11) is 0. The lowest BCUT2D eigenvalue weighted by Crippen LogP contribution is -2.03. The van der Waals surface area contributed by atoms with Crippen LogP contribution < -0.4 is 0 Å². The first kappa shape index (κ1) is 22.2. The SMILES string of the molecule is CC(=O)C(C)C.CC(C)C=O.CCC(=O)C(C)C. The minimum atomic E-state index is 0.204. The van der Waals surface area contributed by atoms with Gasteiger partial charge in [-0.25, -0.2) is 0 Å². The molecule has 0 fully saturated rings. The second-order valence-electron chi connectivity index (χ2n) is 5.12. The van der Waals surface area contributed by atoms with Gasteiger partial charge >= 0.3 is 0 Å². The third kappa shape index (κ3) is 24.3. The van der Waals surface area contributed by atoms with Crippen molar-refractivity contribution in [3.63, 3.8) is 0 Å². The summed E-state index contributed by atoms with van der Waals surface area (Å²) in [5, 5.41) is 0. The molecule has 0 saturated carbocycles.